The molecule has 0 spiro atoms. The number of amides is 1. The number of aromatic nitrogens is 2. The highest BCUT2D eigenvalue weighted by atomic mass is 16.5. The van der Waals surface area contributed by atoms with E-state index in [0.29, 0.717) is 18.3 Å². The Kier molecular flexibility index (Phi) is 6.70. The summed E-state index contributed by atoms with van der Waals surface area (Å²) in [6.07, 6.45) is 2.93. The highest BCUT2D eigenvalue weighted by molar-refractivity contribution is 5.93. The fourth-order valence-corrected chi connectivity index (χ4v) is 2.88. The summed E-state index contributed by atoms with van der Waals surface area (Å²) in [5.41, 5.74) is 4.24. The molecule has 0 aliphatic carbocycles. The lowest BCUT2D eigenvalue weighted by Crippen LogP contribution is -2.30. The Morgan fingerprint density at radius 1 is 1.24 bits per heavy atom. The number of hydrogen-bond donors (Lipinski definition) is 1. The molecule has 25 heavy (non-hydrogen) atoms. The zero-order valence-electron chi connectivity index (χ0n) is 15.8. The quantitative estimate of drug-likeness (QED) is 0.794. The Bertz CT molecular complexity index is 701. The third-order valence-electron chi connectivity index (χ3n) is 4.02. The fraction of sp³-hybridized carbons (Fsp3) is 0.526. The second-order valence-electron chi connectivity index (χ2n) is 6.70. The number of rotatable bonds is 8. The van der Waals surface area contributed by atoms with Crippen LogP contribution in [-0.2, 0) is 17.8 Å². The van der Waals surface area contributed by atoms with Gasteiger partial charge in [-0.15, -0.1) is 0 Å². The molecule has 0 atom stereocenters. The maximum Gasteiger partial charge on any atom is 0.238 e. The standard InChI is InChI=1S/C19H28N4O2/c1-6-7-8-18-20-16(22-25-18)11-23(5)12-17(24)21-19-14(3)9-13(2)10-15(19)4/h9-10H,6-8,11-12H2,1-5H3,(H,21,24). The van der Waals surface area contributed by atoms with E-state index in [4.69, 9.17) is 4.52 Å². The van der Waals surface area contributed by atoms with Crippen LogP contribution in [0.25, 0.3) is 0 Å². The molecule has 0 aliphatic heterocycles. The van der Waals surface area contributed by atoms with Gasteiger partial charge in [0.05, 0.1) is 13.1 Å². The van der Waals surface area contributed by atoms with Gasteiger partial charge in [0.1, 0.15) is 0 Å². The Balaban J connectivity index is 1.89. The first-order valence-corrected chi connectivity index (χ1v) is 8.76. The minimum atomic E-state index is -0.0488. The summed E-state index contributed by atoms with van der Waals surface area (Å²) < 4.78 is 5.22. The van der Waals surface area contributed by atoms with Crippen molar-refractivity contribution >= 4 is 11.6 Å². The first-order chi connectivity index (χ1) is 11.9. The van der Waals surface area contributed by atoms with Gasteiger partial charge in [-0.3, -0.25) is 9.69 Å². The molecule has 0 saturated carbocycles. The van der Waals surface area contributed by atoms with E-state index in [-0.39, 0.29) is 12.5 Å². The lowest BCUT2D eigenvalue weighted by molar-refractivity contribution is -0.117. The molecule has 1 N–H and O–H groups in total. The van der Waals surface area contributed by atoms with Crippen LogP contribution in [0.2, 0.25) is 0 Å². The van der Waals surface area contributed by atoms with E-state index >= 15 is 0 Å². The van der Waals surface area contributed by atoms with E-state index in [1.165, 1.54) is 5.56 Å². The van der Waals surface area contributed by atoms with E-state index in [1.807, 2.05) is 25.8 Å². The van der Waals surface area contributed by atoms with Gasteiger partial charge < -0.3 is 9.84 Å². The van der Waals surface area contributed by atoms with Crippen molar-refractivity contribution in [1.82, 2.24) is 15.0 Å². The lowest BCUT2D eigenvalue weighted by Gasteiger charge is -2.16. The molecule has 0 saturated heterocycles. The van der Waals surface area contributed by atoms with Crippen molar-refractivity contribution in [3.63, 3.8) is 0 Å². The zero-order chi connectivity index (χ0) is 18.4. The maximum atomic E-state index is 12.3. The molecule has 136 valence electrons. The highest BCUT2D eigenvalue weighted by Gasteiger charge is 2.13. The summed E-state index contributed by atoms with van der Waals surface area (Å²) in [4.78, 5) is 18.6. The number of anilines is 1. The summed E-state index contributed by atoms with van der Waals surface area (Å²) in [5, 5.41) is 6.99. The Morgan fingerprint density at radius 2 is 1.92 bits per heavy atom. The monoisotopic (exact) mass is 344 g/mol. The molecule has 1 heterocycles. The van der Waals surface area contributed by atoms with Crippen LogP contribution in [0.5, 0.6) is 0 Å². The smallest absolute Gasteiger partial charge is 0.238 e. The number of nitrogens with zero attached hydrogens (tertiary/aromatic N) is 3. The average Bonchev–Trinajstić information content (AvgIpc) is 2.96. The summed E-state index contributed by atoms with van der Waals surface area (Å²) in [6.45, 7) is 8.95. The normalized spacial score (nSPS) is 11.1. The molecule has 6 heteroatoms. The number of nitrogens with one attached hydrogen (secondary N) is 1. The van der Waals surface area contributed by atoms with Crippen LogP contribution in [0.1, 0.15) is 48.2 Å². The molecule has 1 aromatic carbocycles. The Morgan fingerprint density at radius 3 is 2.56 bits per heavy atom. The van der Waals surface area contributed by atoms with Gasteiger partial charge in [-0.2, -0.15) is 4.98 Å². The van der Waals surface area contributed by atoms with Crippen LogP contribution in [0.3, 0.4) is 0 Å². The molecule has 0 aliphatic rings. The second kappa shape index (κ2) is 8.76. The van der Waals surface area contributed by atoms with E-state index in [9.17, 15) is 4.79 Å². The van der Waals surface area contributed by atoms with Gasteiger partial charge in [-0.05, 0) is 45.4 Å². The molecule has 0 radical (unpaired) electrons. The zero-order valence-corrected chi connectivity index (χ0v) is 15.8. The van der Waals surface area contributed by atoms with Gasteiger partial charge in [-0.25, -0.2) is 0 Å². The molecule has 1 amide bonds. The SMILES string of the molecule is CCCCc1nc(CN(C)CC(=O)Nc2c(C)cc(C)cc2C)no1. The summed E-state index contributed by atoms with van der Waals surface area (Å²) in [7, 11) is 1.87. The van der Waals surface area contributed by atoms with Gasteiger partial charge in [0.25, 0.3) is 0 Å². The summed E-state index contributed by atoms with van der Waals surface area (Å²) in [6, 6.07) is 4.15. The van der Waals surface area contributed by atoms with Crippen molar-refractivity contribution < 1.29 is 9.32 Å². The van der Waals surface area contributed by atoms with E-state index in [1.54, 1.807) is 0 Å². The van der Waals surface area contributed by atoms with Gasteiger partial charge in [0.2, 0.25) is 11.8 Å². The molecule has 0 unspecified atom stereocenters. The molecule has 1 aromatic heterocycles. The minimum absolute atomic E-state index is 0.0488. The van der Waals surface area contributed by atoms with Crippen LogP contribution >= 0.6 is 0 Å². The molecule has 2 rings (SSSR count). The molecule has 0 fully saturated rings. The lowest BCUT2D eigenvalue weighted by atomic mass is 10.1. The highest BCUT2D eigenvalue weighted by Crippen LogP contribution is 2.21. The summed E-state index contributed by atoms with van der Waals surface area (Å²) in [5.74, 6) is 1.23. The van der Waals surface area contributed by atoms with Gasteiger partial charge >= 0.3 is 0 Å². The van der Waals surface area contributed by atoms with Crippen LogP contribution in [0.4, 0.5) is 5.69 Å². The first kappa shape index (κ1) is 19.1. The number of benzene rings is 1. The third kappa shape index (κ3) is 5.67. The minimum Gasteiger partial charge on any atom is -0.339 e. The van der Waals surface area contributed by atoms with Gasteiger partial charge in [0.15, 0.2) is 5.82 Å². The third-order valence-corrected chi connectivity index (χ3v) is 4.02. The maximum absolute atomic E-state index is 12.3. The van der Waals surface area contributed by atoms with E-state index in [2.05, 4.69) is 41.4 Å². The number of carbonyl (C=O) groups is 1. The summed E-state index contributed by atoms with van der Waals surface area (Å²) >= 11 is 0. The van der Waals surface area contributed by atoms with Crippen LogP contribution in [-0.4, -0.2) is 34.5 Å². The first-order valence-electron chi connectivity index (χ1n) is 8.76. The Labute approximate surface area is 149 Å². The molecular weight excluding hydrogens is 316 g/mol. The molecule has 2 aromatic rings. The number of hydrogen-bond acceptors (Lipinski definition) is 5. The van der Waals surface area contributed by atoms with E-state index < -0.39 is 0 Å². The predicted molar refractivity (Wildman–Crippen MR) is 98.5 cm³/mol. The van der Waals surface area contributed by atoms with Gasteiger partial charge in [-0.1, -0.05) is 36.2 Å². The fourth-order valence-electron chi connectivity index (χ4n) is 2.88. The van der Waals surface area contributed by atoms with Crippen LogP contribution in [0.15, 0.2) is 16.7 Å². The van der Waals surface area contributed by atoms with Crippen molar-refractivity contribution in [3.8, 4) is 0 Å². The van der Waals surface area contributed by atoms with Crippen molar-refractivity contribution in [2.75, 3.05) is 18.9 Å². The van der Waals surface area contributed by atoms with E-state index in [0.717, 1.165) is 36.1 Å². The molecule has 0 bridgehead atoms. The predicted octanol–water partition coefficient (Wildman–Crippen LogP) is 3.41. The molecular formula is C19H28N4O2. The largest absolute Gasteiger partial charge is 0.339 e. The number of aryl methyl sites for hydroxylation is 4. The van der Waals surface area contributed by atoms with Crippen LogP contribution < -0.4 is 5.32 Å². The number of carbonyl (C=O) groups excluding carboxylic acids is 1. The topological polar surface area (TPSA) is 71.3 Å². The van der Waals surface area contributed by atoms with Crippen molar-refractivity contribution in [2.24, 2.45) is 0 Å². The van der Waals surface area contributed by atoms with Crippen molar-refractivity contribution in [1.29, 1.82) is 0 Å². The van der Waals surface area contributed by atoms with Crippen molar-refractivity contribution in [2.45, 2.75) is 53.5 Å². The number of unbranched alkanes of at least 4 members (excludes halogenated alkanes) is 1. The van der Waals surface area contributed by atoms with Gasteiger partial charge in [0, 0.05) is 12.1 Å². The van der Waals surface area contributed by atoms with Crippen LogP contribution in [0, 0.1) is 20.8 Å². The Hall–Kier alpha value is -2.21. The second-order valence-corrected chi connectivity index (χ2v) is 6.70. The molecule has 6 nitrogen and oxygen atoms in total. The van der Waals surface area contributed by atoms with Crippen molar-refractivity contribution in [3.05, 3.63) is 40.5 Å². The average molecular weight is 344 g/mol. The number of likely N-dealkylation sites (N-methyl/N-ethyl adjacent to an activating group) is 1.